The fraction of sp³-hybridized carbons (Fsp3) is 0.300. The average molecular weight is 574 g/mol. The third-order valence-electron chi connectivity index (χ3n) is 7.24. The maximum Gasteiger partial charge on any atom is 0.407 e. The van der Waals surface area contributed by atoms with Gasteiger partial charge < -0.3 is 25.7 Å². The molecule has 1 atom stereocenters. The molecule has 0 saturated heterocycles. The van der Waals surface area contributed by atoms with Gasteiger partial charge in [0.1, 0.15) is 12.2 Å². The number of hydrogen-bond acceptors (Lipinski definition) is 7. The largest absolute Gasteiger partial charge is 0.465 e. The van der Waals surface area contributed by atoms with E-state index in [1.54, 1.807) is 66.9 Å². The number of pyridine rings is 1. The van der Waals surface area contributed by atoms with Gasteiger partial charge in [-0.15, -0.1) is 0 Å². The number of halogens is 1. The third-order valence-corrected chi connectivity index (χ3v) is 7.24. The Labute approximate surface area is 242 Å². The minimum Gasteiger partial charge on any atom is -0.465 e. The predicted molar refractivity (Wildman–Crippen MR) is 155 cm³/mol. The molecule has 0 saturated carbocycles. The summed E-state index contributed by atoms with van der Waals surface area (Å²) in [6.07, 6.45) is 0.0604. The highest BCUT2D eigenvalue weighted by atomic mass is 19.1. The number of rotatable bonds is 9. The number of nitriles is 1. The zero-order valence-corrected chi connectivity index (χ0v) is 23.9. The van der Waals surface area contributed by atoms with Crippen LogP contribution in [0.5, 0.6) is 0 Å². The molecule has 0 aliphatic heterocycles. The molecule has 42 heavy (non-hydrogen) atoms. The molecule has 11 nitrogen and oxygen atoms in total. The minimum atomic E-state index is -1.69. The minimum absolute atomic E-state index is 0.136. The average Bonchev–Trinajstić information content (AvgIpc) is 3.38. The molecule has 3 aromatic heterocycles. The van der Waals surface area contributed by atoms with Crippen molar-refractivity contribution < 1.29 is 24.2 Å². The van der Waals surface area contributed by atoms with Crippen LogP contribution in [0.4, 0.5) is 20.6 Å². The number of amides is 2. The van der Waals surface area contributed by atoms with Crippen molar-refractivity contribution in [3.63, 3.8) is 0 Å². The summed E-state index contributed by atoms with van der Waals surface area (Å²) in [4.78, 5) is 30.4. The zero-order valence-electron chi connectivity index (χ0n) is 23.9. The van der Waals surface area contributed by atoms with Crippen molar-refractivity contribution >= 4 is 28.9 Å². The van der Waals surface area contributed by atoms with Crippen molar-refractivity contribution in [3.8, 4) is 17.5 Å². The van der Waals surface area contributed by atoms with E-state index < -0.39 is 35.9 Å². The molecule has 218 valence electrons. The number of nitrogens with one attached hydrogen (secondary N) is 2. The van der Waals surface area contributed by atoms with Gasteiger partial charge in [-0.05, 0) is 69.7 Å². The second-order valence-electron chi connectivity index (χ2n) is 11.0. The summed E-state index contributed by atoms with van der Waals surface area (Å²) in [5.41, 5.74) is 1.64. The number of aliphatic hydroxyl groups is 1. The Hall–Kier alpha value is -5.02. The van der Waals surface area contributed by atoms with E-state index in [2.05, 4.69) is 26.8 Å². The molecule has 0 bridgehead atoms. The first-order valence-electron chi connectivity index (χ1n) is 13.1. The van der Waals surface area contributed by atoms with E-state index in [-0.39, 0.29) is 5.56 Å². The number of carboxylic acid groups (broad SMARTS) is 1. The van der Waals surface area contributed by atoms with Crippen LogP contribution in [0.2, 0.25) is 0 Å². The summed E-state index contributed by atoms with van der Waals surface area (Å²) < 4.78 is 16.0. The number of hydrogen-bond donors (Lipinski definition) is 4. The molecule has 0 radical (unpaired) electrons. The topological polar surface area (TPSA) is 156 Å². The first-order valence-corrected chi connectivity index (χ1v) is 13.1. The van der Waals surface area contributed by atoms with Crippen molar-refractivity contribution in [3.05, 3.63) is 77.6 Å². The molecule has 4 aromatic rings. The van der Waals surface area contributed by atoms with Gasteiger partial charge in [0.2, 0.25) is 0 Å². The van der Waals surface area contributed by atoms with Gasteiger partial charge in [-0.25, -0.2) is 13.7 Å². The van der Waals surface area contributed by atoms with Crippen LogP contribution in [0.1, 0.15) is 49.2 Å². The summed E-state index contributed by atoms with van der Waals surface area (Å²) >= 11 is 0. The molecule has 4 rings (SSSR count). The van der Waals surface area contributed by atoms with E-state index in [4.69, 9.17) is 0 Å². The third kappa shape index (κ3) is 6.16. The van der Waals surface area contributed by atoms with Crippen LogP contribution in [0.15, 0.2) is 60.9 Å². The molecular formula is C30H32FN7O4. The quantitative estimate of drug-likeness (QED) is 0.225. The van der Waals surface area contributed by atoms with Gasteiger partial charge in [-0.3, -0.25) is 9.78 Å². The zero-order chi connectivity index (χ0) is 30.8. The van der Waals surface area contributed by atoms with E-state index in [9.17, 15) is 29.5 Å². The van der Waals surface area contributed by atoms with Crippen molar-refractivity contribution in [2.24, 2.45) is 0 Å². The first-order chi connectivity index (χ1) is 19.7. The normalized spacial score (nSPS) is 12.4. The SMILES string of the molecule is CN(C(=O)O)C(C)(C)c1ccc(Nc2cc(-c3ccc4cc(C#N)cnn34)ncc2C(=O)NC[C@@H](F)C(C)(C)O)cc1. The Balaban J connectivity index is 1.70. The van der Waals surface area contributed by atoms with Crippen molar-refractivity contribution in [2.45, 2.75) is 45.0 Å². The monoisotopic (exact) mass is 573 g/mol. The van der Waals surface area contributed by atoms with Crippen molar-refractivity contribution in [1.29, 1.82) is 5.26 Å². The molecule has 0 aliphatic rings. The number of aromatic nitrogens is 3. The summed E-state index contributed by atoms with van der Waals surface area (Å²) in [6, 6.07) is 16.1. The number of nitrogens with zero attached hydrogens (tertiary/aromatic N) is 5. The van der Waals surface area contributed by atoms with Gasteiger partial charge in [0.15, 0.2) is 0 Å². The van der Waals surface area contributed by atoms with Gasteiger partial charge >= 0.3 is 6.09 Å². The number of carbonyl (C=O) groups excluding carboxylic acids is 1. The van der Waals surface area contributed by atoms with Crippen LogP contribution < -0.4 is 10.6 Å². The molecule has 4 N–H and O–H groups in total. The predicted octanol–water partition coefficient (Wildman–Crippen LogP) is 4.70. The first kappa shape index (κ1) is 30.0. The lowest BCUT2D eigenvalue weighted by molar-refractivity contribution is -0.00178. The fourth-order valence-corrected chi connectivity index (χ4v) is 4.21. The van der Waals surface area contributed by atoms with Crippen LogP contribution in [-0.4, -0.2) is 67.1 Å². The van der Waals surface area contributed by atoms with Crippen LogP contribution in [0.25, 0.3) is 16.9 Å². The second-order valence-corrected chi connectivity index (χ2v) is 11.0. The number of fused-ring (bicyclic) bond motifs is 1. The number of benzene rings is 1. The summed E-state index contributed by atoms with van der Waals surface area (Å²) in [7, 11) is 1.50. The molecule has 0 aliphatic carbocycles. The lowest BCUT2D eigenvalue weighted by atomic mass is 9.93. The second kappa shape index (κ2) is 11.5. The lowest BCUT2D eigenvalue weighted by Crippen LogP contribution is -2.42. The summed E-state index contributed by atoms with van der Waals surface area (Å²) in [5, 5.41) is 38.6. The summed E-state index contributed by atoms with van der Waals surface area (Å²) in [5.74, 6) is -0.596. The van der Waals surface area contributed by atoms with Crippen molar-refractivity contribution in [1.82, 2.24) is 24.8 Å². The van der Waals surface area contributed by atoms with E-state index in [1.165, 1.54) is 38.2 Å². The highest BCUT2D eigenvalue weighted by molar-refractivity contribution is 6.00. The Morgan fingerprint density at radius 2 is 1.81 bits per heavy atom. The molecule has 1 aromatic carbocycles. The Morgan fingerprint density at radius 3 is 2.43 bits per heavy atom. The fourth-order valence-electron chi connectivity index (χ4n) is 4.21. The number of alkyl halides is 1. The highest BCUT2D eigenvalue weighted by Gasteiger charge is 2.30. The van der Waals surface area contributed by atoms with Crippen LogP contribution in [0.3, 0.4) is 0 Å². The molecule has 0 unspecified atom stereocenters. The van der Waals surface area contributed by atoms with E-state index in [0.717, 1.165) is 5.56 Å². The molecule has 0 fully saturated rings. The van der Waals surface area contributed by atoms with Crippen LogP contribution in [0, 0.1) is 11.3 Å². The maximum atomic E-state index is 14.4. The van der Waals surface area contributed by atoms with Gasteiger partial charge in [-0.2, -0.15) is 10.4 Å². The van der Waals surface area contributed by atoms with E-state index >= 15 is 0 Å². The smallest absolute Gasteiger partial charge is 0.407 e. The molecule has 3 heterocycles. The molecule has 2 amide bonds. The van der Waals surface area contributed by atoms with Crippen LogP contribution >= 0.6 is 0 Å². The van der Waals surface area contributed by atoms with Gasteiger partial charge in [0, 0.05) is 18.9 Å². The lowest BCUT2D eigenvalue weighted by Gasteiger charge is -2.34. The molecule has 12 heteroatoms. The summed E-state index contributed by atoms with van der Waals surface area (Å²) in [6.45, 7) is 5.83. The van der Waals surface area contributed by atoms with Crippen molar-refractivity contribution in [2.75, 3.05) is 18.9 Å². The van der Waals surface area contributed by atoms with E-state index in [1.807, 2.05) is 0 Å². The van der Waals surface area contributed by atoms with Gasteiger partial charge in [0.25, 0.3) is 5.91 Å². The van der Waals surface area contributed by atoms with Gasteiger partial charge in [-0.1, -0.05) is 12.1 Å². The Morgan fingerprint density at radius 1 is 1.12 bits per heavy atom. The Bertz CT molecular complexity index is 1670. The van der Waals surface area contributed by atoms with Gasteiger partial charge in [0.05, 0.1) is 57.6 Å². The standard InChI is InChI=1S/C30H32FN7O4/c1-29(2,37(5)28(40)41)19-6-8-20(9-7-19)36-23-13-24(25-11-10-21-12-18(14-32)15-35-38(21)25)33-16-22(23)27(39)34-17-26(31)30(3,4)42/h6-13,15-16,26,42H,17H2,1-5H3,(H,33,36)(H,34,39)(H,40,41)/t26-/m1/s1. The Kier molecular flexibility index (Phi) is 8.17. The van der Waals surface area contributed by atoms with E-state index in [0.29, 0.717) is 33.8 Å². The highest BCUT2D eigenvalue weighted by Crippen LogP contribution is 2.31. The number of anilines is 2. The maximum absolute atomic E-state index is 14.4. The molecule has 0 spiro atoms. The number of carbonyl (C=O) groups is 2. The molecular weight excluding hydrogens is 541 g/mol. The van der Waals surface area contributed by atoms with Crippen LogP contribution in [-0.2, 0) is 5.54 Å².